The predicted octanol–water partition coefficient (Wildman–Crippen LogP) is 4.60. The van der Waals surface area contributed by atoms with Crippen molar-refractivity contribution in [2.24, 2.45) is 0 Å². The lowest BCUT2D eigenvalue weighted by molar-refractivity contribution is 0.756. The van der Waals surface area contributed by atoms with Crippen molar-refractivity contribution in [1.82, 2.24) is 4.98 Å². The summed E-state index contributed by atoms with van der Waals surface area (Å²) in [5.74, 6) is 1.58. The minimum atomic E-state index is 0.519. The fraction of sp³-hybridized carbons (Fsp3) is 0.353. The lowest BCUT2D eigenvalue weighted by Gasteiger charge is -2.25. The van der Waals surface area contributed by atoms with Crippen LogP contribution < -0.4 is 4.90 Å². The van der Waals surface area contributed by atoms with Crippen molar-refractivity contribution in [3.8, 4) is 0 Å². The van der Waals surface area contributed by atoms with Gasteiger partial charge >= 0.3 is 0 Å². The third-order valence-electron chi connectivity index (χ3n) is 3.88. The Morgan fingerprint density at radius 1 is 1.25 bits per heavy atom. The Hall–Kier alpha value is -1.54. The highest BCUT2D eigenvalue weighted by atomic mass is 35.5. The number of halogens is 1. The van der Waals surface area contributed by atoms with Crippen molar-refractivity contribution in [2.75, 3.05) is 11.4 Å². The number of anilines is 2. The second-order valence-electron chi connectivity index (χ2n) is 5.36. The van der Waals surface area contributed by atoms with Crippen LogP contribution in [0.1, 0.15) is 29.5 Å². The van der Waals surface area contributed by atoms with E-state index in [2.05, 4.69) is 47.1 Å². The molecule has 20 heavy (non-hydrogen) atoms. The molecule has 104 valence electrons. The first-order valence-corrected chi connectivity index (χ1v) is 7.70. The van der Waals surface area contributed by atoms with Crippen LogP contribution in [-0.4, -0.2) is 11.5 Å². The number of hydrogen-bond acceptors (Lipinski definition) is 2. The third-order valence-corrected chi connectivity index (χ3v) is 4.19. The number of aromatic nitrogens is 1. The number of pyridine rings is 1. The van der Waals surface area contributed by atoms with E-state index in [0.29, 0.717) is 5.88 Å². The summed E-state index contributed by atoms with van der Waals surface area (Å²) in [4.78, 5) is 7.01. The standard InChI is InChI=1S/C17H19ClN2/c1-13-10-14(11-18)12-19-17(13)20-9-5-4-7-15-6-2-3-8-16(15)20/h2-3,6,8,10,12H,4-5,7,9,11H2,1H3. The highest BCUT2D eigenvalue weighted by molar-refractivity contribution is 6.17. The monoisotopic (exact) mass is 286 g/mol. The van der Waals surface area contributed by atoms with E-state index in [0.717, 1.165) is 24.3 Å². The summed E-state index contributed by atoms with van der Waals surface area (Å²) >= 11 is 5.89. The van der Waals surface area contributed by atoms with E-state index in [1.807, 2.05) is 6.20 Å². The summed E-state index contributed by atoms with van der Waals surface area (Å²) in [6, 6.07) is 10.8. The van der Waals surface area contributed by atoms with Gasteiger partial charge in [-0.2, -0.15) is 0 Å². The molecule has 2 nitrogen and oxygen atoms in total. The average Bonchev–Trinajstić information content (AvgIpc) is 2.69. The second kappa shape index (κ2) is 5.84. The van der Waals surface area contributed by atoms with Gasteiger partial charge in [0.2, 0.25) is 0 Å². The second-order valence-corrected chi connectivity index (χ2v) is 5.62. The maximum atomic E-state index is 5.89. The maximum absolute atomic E-state index is 5.89. The molecule has 0 amide bonds. The summed E-state index contributed by atoms with van der Waals surface area (Å²) in [7, 11) is 0. The highest BCUT2D eigenvalue weighted by Crippen LogP contribution is 2.33. The van der Waals surface area contributed by atoms with Crippen LogP contribution in [0.2, 0.25) is 0 Å². The van der Waals surface area contributed by atoms with Crippen LogP contribution in [-0.2, 0) is 12.3 Å². The number of aryl methyl sites for hydroxylation is 2. The fourth-order valence-electron chi connectivity index (χ4n) is 2.89. The lowest BCUT2D eigenvalue weighted by atomic mass is 10.1. The summed E-state index contributed by atoms with van der Waals surface area (Å²) in [6.07, 6.45) is 5.49. The Labute approximate surface area is 125 Å². The van der Waals surface area contributed by atoms with Crippen LogP contribution in [0, 0.1) is 6.92 Å². The van der Waals surface area contributed by atoms with Gasteiger partial charge < -0.3 is 4.90 Å². The Morgan fingerprint density at radius 2 is 2.10 bits per heavy atom. The SMILES string of the molecule is Cc1cc(CCl)cnc1N1CCCCc2ccccc21. The van der Waals surface area contributed by atoms with Crippen molar-refractivity contribution < 1.29 is 0 Å². The number of para-hydroxylation sites is 1. The van der Waals surface area contributed by atoms with Crippen LogP contribution in [0.4, 0.5) is 11.5 Å². The van der Waals surface area contributed by atoms with E-state index in [1.54, 1.807) is 0 Å². The molecule has 0 N–H and O–H groups in total. The van der Waals surface area contributed by atoms with Gasteiger partial charge in [-0.1, -0.05) is 18.2 Å². The van der Waals surface area contributed by atoms with E-state index < -0.39 is 0 Å². The van der Waals surface area contributed by atoms with Crippen molar-refractivity contribution >= 4 is 23.1 Å². The van der Waals surface area contributed by atoms with Crippen molar-refractivity contribution in [2.45, 2.75) is 32.1 Å². The molecule has 0 fully saturated rings. The molecule has 1 aromatic heterocycles. The van der Waals surface area contributed by atoms with Gasteiger partial charge in [0.05, 0.1) is 0 Å². The zero-order chi connectivity index (χ0) is 13.9. The van der Waals surface area contributed by atoms with E-state index in [1.165, 1.54) is 29.7 Å². The lowest BCUT2D eigenvalue weighted by Crippen LogP contribution is -2.20. The molecule has 3 heteroatoms. The first-order chi connectivity index (χ1) is 9.79. The predicted molar refractivity (Wildman–Crippen MR) is 84.9 cm³/mol. The molecular weight excluding hydrogens is 268 g/mol. The molecule has 0 saturated carbocycles. The van der Waals surface area contributed by atoms with Gasteiger partial charge in [0.1, 0.15) is 5.82 Å². The van der Waals surface area contributed by atoms with Gasteiger partial charge in [-0.15, -0.1) is 11.6 Å². The molecule has 0 radical (unpaired) electrons. The van der Waals surface area contributed by atoms with Crippen LogP contribution in [0.15, 0.2) is 36.5 Å². The number of nitrogens with zero attached hydrogens (tertiary/aromatic N) is 2. The highest BCUT2D eigenvalue weighted by Gasteiger charge is 2.18. The Morgan fingerprint density at radius 3 is 2.90 bits per heavy atom. The molecule has 0 aliphatic carbocycles. The topological polar surface area (TPSA) is 16.1 Å². The minimum absolute atomic E-state index is 0.519. The smallest absolute Gasteiger partial charge is 0.135 e. The quantitative estimate of drug-likeness (QED) is 0.750. The van der Waals surface area contributed by atoms with Gasteiger partial charge in [-0.25, -0.2) is 4.98 Å². The van der Waals surface area contributed by atoms with Crippen LogP contribution in [0.5, 0.6) is 0 Å². The zero-order valence-electron chi connectivity index (χ0n) is 11.8. The summed E-state index contributed by atoms with van der Waals surface area (Å²) < 4.78 is 0. The fourth-order valence-corrected chi connectivity index (χ4v) is 3.04. The average molecular weight is 287 g/mol. The largest absolute Gasteiger partial charge is 0.326 e. The van der Waals surface area contributed by atoms with Crippen LogP contribution in [0.3, 0.4) is 0 Å². The summed E-state index contributed by atoms with van der Waals surface area (Å²) in [6.45, 7) is 3.15. The van der Waals surface area contributed by atoms with E-state index in [4.69, 9.17) is 11.6 Å². The molecule has 2 heterocycles. The first-order valence-electron chi connectivity index (χ1n) is 7.16. The van der Waals surface area contributed by atoms with Crippen molar-refractivity contribution in [3.63, 3.8) is 0 Å². The Kier molecular flexibility index (Phi) is 3.93. The van der Waals surface area contributed by atoms with Crippen molar-refractivity contribution in [3.05, 3.63) is 53.2 Å². The molecule has 0 unspecified atom stereocenters. The molecule has 1 aromatic carbocycles. The van der Waals surface area contributed by atoms with E-state index in [9.17, 15) is 0 Å². The number of fused-ring (bicyclic) bond motifs is 1. The molecule has 2 aromatic rings. The van der Waals surface area contributed by atoms with Crippen molar-refractivity contribution in [1.29, 1.82) is 0 Å². The number of benzene rings is 1. The van der Waals surface area contributed by atoms with E-state index in [-0.39, 0.29) is 0 Å². The van der Waals surface area contributed by atoms with Gasteiger partial charge in [0.15, 0.2) is 0 Å². The molecule has 1 aliphatic heterocycles. The maximum Gasteiger partial charge on any atom is 0.135 e. The van der Waals surface area contributed by atoms with Gasteiger partial charge in [-0.05, 0) is 55.0 Å². The van der Waals surface area contributed by atoms with Crippen LogP contribution in [0.25, 0.3) is 0 Å². The molecule has 1 aliphatic rings. The van der Waals surface area contributed by atoms with Crippen LogP contribution >= 0.6 is 11.6 Å². The normalized spacial score (nSPS) is 14.8. The first kappa shape index (κ1) is 13.4. The molecule has 0 atom stereocenters. The van der Waals surface area contributed by atoms with Gasteiger partial charge in [-0.3, -0.25) is 0 Å². The number of hydrogen-bond donors (Lipinski definition) is 0. The number of alkyl halides is 1. The van der Waals surface area contributed by atoms with E-state index >= 15 is 0 Å². The molecule has 3 rings (SSSR count). The molecule has 0 spiro atoms. The number of rotatable bonds is 2. The molecule has 0 saturated heterocycles. The Bertz CT molecular complexity index is 610. The zero-order valence-corrected chi connectivity index (χ0v) is 12.5. The molecular formula is C17H19ClN2. The van der Waals surface area contributed by atoms with Gasteiger partial charge in [0, 0.05) is 24.3 Å². The third kappa shape index (κ3) is 2.53. The summed E-state index contributed by atoms with van der Waals surface area (Å²) in [5, 5.41) is 0. The van der Waals surface area contributed by atoms with Gasteiger partial charge in [0.25, 0.3) is 0 Å². The summed E-state index contributed by atoms with van der Waals surface area (Å²) in [5.41, 5.74) is 5.00. The molecule has 0 bridgehead atoms. The minimum Gasteiger partial charge on any atom is -0.326 e. The Balaban J connectivity index is 2.05.